The Morgan fingerprint density at radius 3 is 2.75 bits per heavy atom. The van der Waals surface area contributed by atoms with E-state index in [2.05, 4.69) is 43.1 Å². The van der Waals surface area contributed by atoms with Gasteiger partial charge in [-0.2, -0.15) is 0 Å². The van der Waals surface area contributed by atoms with E-state index in [1.165, 1.54) is 0 Å². The Balaban J connectivity index is 1.90. The van der Waals surface area contributed by atoms with Crippen LogP contribution in [0.4, 0.5) is 5.95 Å². The smallest absolute Gasteiger partial charge is 0.222 e. The summed E-state index contributed by atoms with van der Waals surface area (Å²) in [7, 11) is 0. The number of aromatic nitrogens is 3. The highest BCUT2D eigenvalue weighted by Gasteiger charge is 2.08. The Labute approximate surface area is 106 Å². The van der Waals surface area contributed by atoms with Crippen LogP contribution in [-0.2, 0) is 0 Å². The molecule has 0 aromatic carbocycles. The number of hydrogen-bond acceptors (Lipinski definition) is 5. The SMILES string of the molecule is CC(CNc1ncc(Br)cn1)c1nccs1. The standard InChI is InChI=1S/C10H11BrN4S/c1-7(9-12-2-3-16-9)4-13-10-14-5-8(11)6-15-10/h2-3,5-7H,4H2,1H3,(H,13,14,15). The summed E-state index contributed by atoms with van der Waals surface area (Å²) < 4.78 is 0.881. The highest BCUT2D eigenvalue weighted by Crippen LogP contribution is 2.17. The van der Waals surface area contributed by atoms with E-state index in [1.807, 2.05) is 11.6 Å². The number of rotatable bonds is 4. The van der Waals surface area contributed by atoms with Crippen molar-refractivity contribution >= 4 is 33.2 Å². The second kappa shape index (κ2) is 5.36. The summed E-state index contributed by atoms with van der Waals surface area (Å²) in [6, 6.07) is 0. The van der Waals surface area contributed by atoms with Gasteiger partial charge in [-0.3, -0.25) is 0 Å². The fourth-order valence-corrected chi connectivity index (χ4v) is 2.12. The minimum Gasteiger partial charge on any atom is -0.354 e. The van der Waals surface area contributed by atoms with E-state index in [0.29, 0.717) is 11.9 Å². The van der Waals surface area contributed by atoms with Gasteiger partial charge in [0.05, 0.1) is 9.48 Å². The monoisotopic (exact) mass is 298 g/mol. The van der Waals surface area contributed by atoms with E-state index < -0.39 is 0 Å². The van der Waals surface area contributed by atoms with E-state index in [1.54, 1.807) is 23.7 Å². The molecular weight excluding hydrogens is 288 g/mol. The maximum Gasteiger partial charge on any atom is 0.222 e. The third-order valence-electron chi connectivity index (χ3n) is 2.06. The lowest BCUT2D eigenvalue weighted by atomic mass is 10.2. The highest BCUT2D eigenvalue weighted by molar-refractivity contribution is 9.10. The molecule has 1 unspecified atom stereocenters. The molecule has 0 spiro atoms. The molecule has 2 heterocycles. The van der Waals surface area contributed by atoms with Gasteiger partial charge in [0.15, 0.2) is 0 Å². The lowest BCUT2D eigenvalue weighted by molar-refractivity contribution is 0.787. The van der Waals surface area contributed by atoms with Crippen LogP contribution in [0.1, 0.15) is 17.8 Å². The molecule has 0 saturated heterocycles. The molecule has 1 atom stereocenters. The van der Waals surface area contributed by atoms with Gasteiger partial charge in [0.25, 0.3) is 0 Å². The Kier molecular flexibility index (Phi) is 3.84. The molecule has 2 aromatic rings. The van der Waals surface area contributed by atoms with Gasteiger partial charge in [-0.05, 0) is 15.9 Å². The summed E-state index contributed by atoms with van der Waals surface area (Å²) in [6.45, 7) is 2.92. The first-order valence-electron chi connectivity index (χ1n) is 4.86. The van der Waals surface area contributed by atoms with E-state index in [-0.39, 0.29) is 0 Å². The summed E-state index contributed by atoms with van der Waals surface area (Å²) in [6.07, 6.45) is 5.28. The zero-order valence-corrected chi connectivity index (χ0v) is 11.1. The van der Waals surface area contributed by atoms with Crippen LogP contribution in [0.2, 0.25) is 0 Å². The molecular formula is C10H11BrN4S. The van der Waals surface area contributed by atoms with Crippen LogP contribution in [0, 0.1) is 0 Å². The van der Waals surface area contributed by atoms with Crippen molar-refractivity contribution in [3.8, 4) is 0 Å². The highest BCUT2D eigenvalue weighted by atomic mass is 79.9. The van der Waals surface area contributed by atoms with Crippen LogP contribution < -0.4 is 5.32 Å². The molecule has 0 bridgehead atoms. The molecule has 0 radical (unpaired) electrons. The number of anilines is 1. The molecule has 0 saturated carbocycles. The van der Waals surface area contributed by atoms with Gasteiger partial charge in [-0.1, -0.05) is 6.92 Å². The second-order valence-electron chi connectivity index (χ2n) is 3.38. The number of hydrogen-bond donors (Lipinski definition) is 1. The lowest BCUT2D eigenvalue weighted by Crippen LogP contribution is -2.11. The third kappa shape index (κ3) is 2.99. The minimum atomic E-state index is 0.368. The van der Waals surface area contributed by atoms with Gasteiger partial charge in [0.2, 0.25) is 5.95 Å². The van der Waals surface area contributed by atoms with E-state index in [4.69, 9.17) is 0 Å². The first kappa shape index (κ1) is 11.5. The molecule has 0 fully saturated rings. The van der Waals surface area contributed by atoms with Gasteiger partial charge in [0, 0.05) is 36.4 Å². The fourth-order valence-electron chi connectivity index (χ4n) is 1.21. The molecule has 4 nitrogen and oxygen atoms in total. The average Bonchev–Trinajstić information content (AvgIpc) is 2.81. The number of nitrogens with one attached hydrogen (secondary N) is 1. The van der Waals surface area contributed by atoms with Crippen LogP contribution in [0.15, 0.2) is 28.4 Å². The van der Waals surface area contributed by atoms with Crippen LogP contribution in [0.25, 0.3) is 0 Å². The Hall–Kier alpha value is -1.01. The van der Waals surface area contributed by atoms with Gasteiger partial charge in [0.1, 0.15) is 0 Å². The maximum absolute atomic E-state index is 4.27. The van der Waals surface area contributed by atoms with Crippen molar-refractivity contribution < 1.29 is 0 Å². The first-order chi connectivity index (χ1) is 7.75. The molecule has 2 rings (SSSR count). The van der Waals surface area contributed by atoms with Crippen molar-refractivity contribution in [2.24, 2.45) is 0 Å². The molecule has 0 aliphatic carbocycles. The maximum atomic E-state index is 4.27. The number of thiazole rings is 1. The molecule has 6 heteroatoms. The van der Waals surface area contributed by atoms with Gasteiger partial charge < -0.3 is 5.32 Å². The van der Waals surface area contributed by atoms with Gasteiger partial charge >= 0.3 is 0 Å². The first-order valence-corrected chi connectivity index (χ1v) is 6.54. The average molecular weight is 299 g/mol. The van der Waals surface area contributed by atoms with Crippen LogP contribution in [-0.4, -0.2) is 21.5 Å². The van der Waals surface area contributed by atoms with E-state index in [0.717, 1.165) is 16.0 Å². The zero-order valence-electron chi connectivity index (χ0n) is 8.72. The Morgan fingerprint density at radius 2 is 2.12 bits per heavy atom. The van der Waals surface area contributed by atoms with E-state index in [9.17, 15) is 0 Å². The topological polar surface area (TPSA) is 50.7 Å². The minimum absolute atomic E-state index is 0.368. The predicted molar refractivity (Wildman–Crippen MR) is 68.8 cm³/mol. The third-order valence-corrected chi connectivity index (χ3v) is 3.48. The predicted octanol–water partition coefficient (Wildman–Crippen LogP) is 2.91. The molecule has 2 aromatic heterocycles. The Morgan fingerprint density at radius 1 is 1.38 bits per heavy atom. The van der Waals surface area contributed by atoms with Crippen LogP contribution in [0.3, 0.4) is 0 Å². The second-order valence-corrected chi connectivity index (χ2v) is 5.22. The van der Waals surface area contributed by atoms with Crippen molar-refractivity contribution in [2.45, 2.75) is 12.8 Å². The molecule has 0 aliphatic rings. The van der Waals surface area contributed by atoms with Gasteiger partial charge in [-0.25, -0.2) is 15.0 Å². The van der Waals surface area contributed by atoms with E-state index >= 15 is 0 Å². The van der Waals surface area contributed by atoms with Crippen molar-refractivity contribution in [1.82, 2.24) is 15.0 Å². The van der Waals surface area contributed by atoms with Crippen LogP contribution >= 0.6 is 27.3 Å². The normalized spacial score (nSPS) is 12.4. The van der Waals surface area contributed by atoms with Crippen molar-refractivity contribution in [2.75, 3.05) is 11.9 Å². The quantitative estimate of drug-likeness (QED) is 0.943. The van der Waals surface area contributed by atoms with Crippen molar-refractivity contribution in [3.05, 3.63) is 33.5 Å². The summed E-state index contributed by atoms with van der Waals surface area (Å²) in [5.74, 6) is 1.01. The zero-order chi connectivity index (χ0) is 11.4. The molecule has 1 N–H and O–H groups in total. The van der Waals surface area contributed by atoms with Gasteiger partial charge in [-0.15, -0.1) is 11.3 Å². The number of nitrogens with zero attached hydrogens (tertiary/aromatic N) is 3. The molecule has 16 heavy (non-hydrogen) atoms. The van der Waals surface area contributed by atoms with Crippen LogP contribution in [0.5, 0.6) is 0 Å². The molecule has 0 amide bonds. The largest absolute Gasteiger partial charge is 0.354 e. The molecule has 84 valence electrons. The Bertz CT molecular complexity index is 429. The lowest BCUT2D eigenvalue weighted by Gasteiger charge is -2.09. The summed E-state index contributed by atoms with van der Waals surface area (Å²) in [5, 5.41) is 6.30. The fraction of sp³-hybridized carbons (Fsp3) is 0.300. The summed E-state index contributed by atoms with van der Waals surface area (Å²) >= 11 is 4.97. The number of halogens is 1. The van der Waals surface area contributed by atoms with Crippen molar-refractivity contribution in [3.63, 3.8) is 0 Å². The van der Waals surface area contributed by atoms with Crippen molar-refractivity contribution in [1.29, 1.82) is 0 Å². The summed E-state index contributed by atoms with van der Waals surface area (Å²) in [5.41, 5.74) is 0. The molecule has 0 aliphatic heterocycles. The summed E-state index contributed by atoms with van der Waals surface area (Å²) in [4.78, 5) is 12.6.